The van der Waals surface area contributed by atoms with Crippen molar-refractivity contribution in [1.29, 1.82) is 0 Å². The molecule has 0 saturated carbocycles. The van der Waals surface area contributed by atoms with E-state index in [0.29, 0.717) is 6.42 Å². The second-order valence-corrected chi connectivity index (χ2v) is 5.83. The molecule has 3 heteroatoms. The van der Waals surface area contributed by atoms with Crippen LogP contribution in [0.4, 0.5) is 0 Å². The number of nitrogens with one attached hydrogen (secondary N) is 1. The highest BCUT2D eigenvalue weighted by Crippen LogP contribution is 2.11. The van der Waals surface area contributed by atoms with E-state index in [2.05, 4.69) is 26.1 Å². The number of nitrogens with two attached hydrogens (primary N) is 1. The van der Waals surface area contributed by atoms with E-state index in [1.54, 1.807) is 0 Å². The molecule has 0 spiro atoms. The van der Waals surface area contributed by atoms with Crippen LogP contribution in [0, 0.1) is 5.41 Å². The molecule has 0 aliphatic carbocycles. The number of carbonyl (C=O) groups is 1. The average Bonchev–Trinajstić information content (AvgIpc) is 1.94. The number of hydrogen-bond acceptors (Lipinski definition) is 2. The Hall–Kier alpha value is -0.570. The molecule has 0 aliphatic rings. The van der Waals surface area contributed by atoms with Crippen molar-refractivity contribution >= 4 is 5.91 Å². The van der Waals surface area contributed by atoms with Gasteiger partial charge in [-0.3, -0.25) is 4.79 Å². The Bertz CT molecular complexity index is 166. The predicted octanol–water partition coefficient (Wildman–Crippen LogP) is 1.67. The summed E-state index contributed by atoms with van der Waals surface area (Å²) in [5.74, 6) is 0.0958. The summed E-state index contributed by atoms with van der Waals surface area (Å²) in [6, 6.07) is 0. The van der Waals surface area contributed by atoms with E-state index in [0.717, 1.165) is 13.0 Å². The maximum absolute atomic E-state index is 11.4. The fourth-order valence-corrected chi connectivity index (χ4v) is 0.888. The molecule has 0 heterocycles. The predicted molar refractivity (Wildman–Crippen MR) is 60.0 cm³/mol. The lowest BCUT2D eigenvalue weighted by molar-refractivity contribution is -0.121. The summed E-state index contributed by atoms with van der Waals surface area (Å²) >= 11 is 0. The molecule has 0 aromatic rings. The molecular formula is C11H24N2O. The average molecular weight is 200 g/mol. The van der Waals surface area contributed by atoms with Crippen LogP contribution in [0.25, 0.3) is 0 Å². The van der Waals surface area contributed by atoms with Crippen LogP contribution in [0.2, 0.25) is 0 Å². The number of carbonyl (C=O) groups excluding carboxylic acids is 1. The van der Waals surface area contributed by atoms with Crippen LogP contribution in [0.1, 0.15) is 47.5 Å². The fourth-order valence-electron chi connectivity index (χ4n) is 0.888. The second-order valence-electron chi connectivity index (χ2n) is 5.83. The molecule has 1 amide bonds. The van der Waals surface area contributed by atoms with Crippen molar-refractivity contribution in [3.8, 4) is 0 Å². The van der Waals surface area contributed by atoms with Gasteiger partial charge in [0.15, 0.2) is 0 Å². The zero-order chi connectivity index (χ0) is 11.4. The van der Waals surface area contributed by atoms with Gasteiger partial charge in [-0.05, 0) is 25.7 Å². The summed E-state index contributed by atoms with van der Waals surface area (Å²) in [6.45, 7) is 10.9. The third-order valence-electron chi connectivity index (χ3n) is 1.81. The van der Waals surface area contributed by atoms with Crippen molar-refractivity contribution in [2.45, 2.75) is 53.0 Å². The van der Waals surface area contributed by atoms with Gasteiger partial charge in [0.2, 0.25) is 5.91 Å². The number of rotatable bonds is 4. The lowest BCUT2D eigenvalue weighted by Crippen LogP contribution is -2.36. The molecule has 0 radical (unpaired) electrons. The molecule has 0 rings (SSSR count). The molecule has 0 aromatic carbocycles. The molecule has 84 valence electrons. The van der Waals surface area contributed by atoms with Gasteiger partial charge in [-0.2, -0.15) is 0 Å². The third kappa shape index (κ3) is 9.52. The van der Waals surface area contributed by atoms with Gasteiger partial charge in [0, 0.05) is 18.5 Å². The molecule has 0 fully saturated rings. The smallest absolute Gasteiger partial charge is 0.220 e. The summed E-state index contributed by atoms with van der Waals surface area (Å²) in [6.07, 6.45) is 1.24. The van der Waals surface area contributed by atoms with Gasteiger partial charge < -0.3 is 11.1 Å². The second kappa shape index (κ2) is 4.78. The molecule has 14 heavy (non-hydrogen) atoms. The molecule has 3 nitrogen and oxygen atoms in total. The maximum atomic E-state index is 11.4. The summed E-state index contributed by atoms with van der Waals surface area (Å²) in [5.41, 5.74) is 5.68. The Labute approximate surface area is 87.4 Å². The number of amides is 1. The molecule has 0 bridgehead atoms. The Kier molecular flexibility index (Phi) is 4.59. The quantitative estimate of drug-likeness (QED) is 0.725. The van der Waals surface area contributed by atoms with Crippen molar-refractivity contribution in [1.82, 2.24) is 5.32 Å². The molecule has 3 N–H and O–H groups in total. The fraction of sp³-hybridized carbons (Fsp3) is 0.909. The van der Waals surface area contributed by atoms with Crippen molar-refractivity contribution in [2.24, 2.45) is 11.1 Å². The Morgan fingerprint density at radius 2 is 1.71 bits per heavy atom. The number of hydrogen-bond donors (Lipinski definition) is 2. The minimum atomic E-state index is -0.251. The van der Waals surface area contributed by atoms with Gasteiger partial charge in [-0.25, -0.2) is 0 Å². The van der Waals surface area contributed by atoms with Crippen LogP contribution in [-0.2, 0) is 4.79 Å². The first-order valence-electron chi connectivity index (χ1n) is 5.16. The van der Waals surface area contributed by atoms with Crippen molar-refractivity contribution in [3.05, 3.63) is 0 Å². The lowest BCUT2D eigenvalue weighted by atomic mass is 9.96. The first kappa shape index (κ1) is 13.4. The maximum Gasteiger partial charge on any atom is 0.220 e. The topological polar surface area (TPSA) is 55.1 Å². The van der Waals surface area contributed by atoms with Gasteiger partial charge in [-0.1, -0.05) is 20.8 Å². The third-order valence-corrected chi connectivity index (χ3v) is 1.81. The standard InChI is InChI=1S/C11H24N2O/c1-10(2,3)8-13-9(14)6-7-11(4,5)12/h6-8,12H2,1-5H3,(H,13,14). The minimum absolute atomic E-state index is 0.0958. The Morgan fingerprint density at radius 1 is 1.21 bits per heavy atom. The summed E-state index contributed by atoms with van der Waals surface area (Å²) in [4.78, 5) is 11.4. The minimum Gasteiger partial charge on any atom is -0.356 e. The molecule has 0 aliphatic heterocycles. The molecular weight excluding hydrogens is 176 g/mol. The van der Waals surface area contributed by atoms with Gasteiger partial charge >= 0.3 is 0 Å². The van der Waals surface area contributed by atoms with E-state index < -0.39 is 0 Å². The van der Waals surface area contributed by atoms with Crippen LogP contribution in [0.3, 0.4) is 0 Å². The van der Waals surface area contributed by atoms with Crippen LogP contribution in [0.5, 0.6) is 0 Å². The van der Waals surface area contributed by atoms with E-state index >= 15 is 0 Å². The van der Waals surface area contributed by atoms with Crippen molar-refractivity contribution in [2.75, 3.05) is 6.54 Å². The van der Waals surface area contributed by atoms with E-state index in [1.807, 2.05) is 13.8 Å². The van der Waals surface area contributed by atoms with Gasteiger partial charge in [-0.15, -0.1) is 0 Å². The van der Waals surface area contributed by atoms with Crippen LogP contribution >= 0.6 is 0 Å². The van der Waals surface area contributed by atoms with E-state index in [9.17, 15) is 4.79 Å². The van der Waals surface area contributed by atoms with Crippen molar-refractivity contribution in [3.63, 3.8) is 0 Å². The highest BCUT2D eigenvalue weighted by molar-refractivity contribution is 5.75. The molecule has 0 unspecified atom stereocenters. The largest absolute Gasteiger partial charge is 0.356 e. The van der Waals surface area contributed by atoms with Crippen molar-refractivity contribution < 1.29 is 4.79 Å². The Balaban J connectivity index is 3.68. The van der Waals surface area contributed by atoms with Crippen LogP contribution in [0.15, 0.2) is 0 Å². The first-order valence-corrected chi connectivity index (χ1v) is 5.16. The molecule has 0 atom stereocenters. The van der Waals surface area contributed by atoms with Crippen LogP contribution in [-0.4, -0.2) is 18.0 Å². The zero-order valence-electron chi connectivity index (χ0n) is 10.1. The lowest BCUT2D eigenvalue weighted by Gasteiger charge is -2.20. The van der Waals surface area contributed by atoms with E-state index in [4.69, 9.17) is 5.73 Å². The Morgan fingerprint density at radius 3 is 2.07 bits per heavy atom. The highest BCUT2D eigenvalue weighted by atomic mass is 16.1. The summed E-state index contributed by atoms with van der Waals surface area (Å²) in [5, 5.41) is 2.90. The first-order chi connectivity index (χ1) is 6.10. The SMILES string of the molecule is CC(C)(C)CNC(=O)CCC(C)(C)N. The van der Waals surface area contributed by atoms with Gasteiger partial charge in [0.05, 0.1) is 0 Å². The monoisotopic (exact) mass is 200 g/mol. The van der Waals surface area contributed by atoms with E-state index in [-0.39, 0.29) is 16.9 Å². The van der Waals surface area contributed by atoms with Gasteiger partial charge in [0.25, 0.3) is 0 Å². The molecule has 0 saturated heterocycles. The molecule has 0 aromatic heterocycles. The highest BCUT2D eigenvalue weighted by Gasteiger charge is 2.15. The normalized spacial score (nSPS) is 12.7. The zero-order valence-corrected chi connectivity index (χ0v) is 10.1. The summed E-state index contributed by atoms with van der Waals surface area (Å²) in [7, 11) is 0. The van der Waals surface area contributed by atoms with E-state index in [1.165, 1.54) is 0 Å². The van der Waals surface area contributed by atoms with Gasteiger partial charge in [0.1, 0.15) is 0 Å². The van der Waals surface area contributed by atoms with Crippen LogP contribution < -0.4 is 11.1 Å². The summed E-state index contributed by atoms with van der Waals surface area (Å²) < 4.78 is 0.